The second-order valence-corrected chi connectivity index (χ2v) is 7.70. The van der Waals surface area contributed by atoms with E-state index in [2.05, 4.69) is 26.7 Å². The van der Waals surface area contributed by atoms with E-state index in [9.17, 15) is 0 Å². The third kappa shape index (κ3) is 3.56. The first kappa shape index (κ1) is 17.3. The van der Waals surface area contributed by atoms with Crippen molar-refractivity contribution in [1.29, 1.82) is 0 Å². The normalized spacial score (nSPS) is 13.1. The highest BCUT2D eigenvalue weighted by molar-refractivity contribution is 8.00. The molecule has 2 aromatic carbocycles. The molecule has 8 heteroatoms. The Labute approximate surface area is 165 Å². The molecule has 3 aromatic rings. The van der Waals surface area contributed by atoms with E-state index in [0.717, 1.165) is 39.4 Å². The van der Waals surface area contributed by atoms with Gasteiger partial charge < -0.3 is 19.1 Å². The van der Waals surface area contributed by atoms with Crippen LogP contribution in [0.2, 0.25) is 5.02 Å². The Bertz CT molecular complexity index is 905. The Morgan fingerprint density at radius 2 is 2.15 bits per heavy atom. The van der Waals surface area contributed by atoms with E-state index in [4.69, 9.17) is 21.1 Å². The highest BCUT2D eigenvalue weighted by atomic mass is 35.5. The van der Waals surface area contributed by atoms with Crippen molar-refractivity contribution in [2.45, 2.75) is 4.90 Å². The number of nitrogens with one attached hydrogen (secondary N) is 1. The average Bonchev–Trinajstić information content (AvgIpc) is 3.19. The number of aromatic nitrogens is 1. The second kappa shape index (κ2) is 7.65. The lowest BCUT2D eigenvalue weighted by atomic mass is 10.2. The van der Waals surface area contributed by atoms with Crippen molar-refractivity contribution < 1.29 is 9.47 Å². The summed E-state index contributed by atoms with van der Waals surface area (Å²) in [4.78, 5) is 7.47. The van der Waals surface area contributed by atoms with E-state index in [1.165, 1.54) is 11.9 Å². The van der Waals surface area contributed by atoms with Gasteiger partial charge in [-0.3, -0.25) is 0 Å². The molecule has 0 bridgehead atoms. The first-order valence-corrected chi connectivity index (χ1v) is 10.0. The molecule has 2 heterocycles. The number of ether oxygens (including phenoxy) is 2. The van der Waals surface area contributed by atoms with Crippen LogP contribution in [0, 0.1) is 0 Å². The van der Waals surface area contributed by atoms with Crippen LogP contribution in [0.4, 0.5) is 16.5 Å². The molecule has 0 unspecified atom stereocenters. The molecule has 0 radical (unpaired) electrons. The maximum Gasteiger partial charge on any atom is 0.192 e. The Kier molecular flexibility index (Phi) is 5.10. The van der Waals surface area contributed by atoms with Crippen molar-refractivity contribution in [1.82, 2.24) is 4.98 Å². The molecule has 0 saturated heterocycles. The number of rotatable bonds is 5. The zero-order valence-corrected chi connectivity index (χ0v) is 16.3. The topological polar surface area (TPSA) is 46.6 Å². The molecule has 1 N–H and O–H groups in total. The van der Waals surface area contributed by atoms with E-state index in [-0.39, 0.29) is 0 Å². The Morgan fingerprint density at radius 3 is 2.96 bits per heavy atom. The molecule has 0 saturated carbocycles. The van der Waals surface area contributed by atoms with Crippen LogP contribution in [0.15, 0.2) is 52.9 Å². The van der Waals surface area contributed by atoms with Crippen LogP contribution in [-0.2, 0) is 0 Å². The van der Waals surface area contributed by atoms with E-state index in [1.54, 1.807) is 24.6 Å². The fourth-order valence-electron chi connectivity index (χ4n) is 2.76. The predicted octanol–water partition coefficient (Wildman–Crippen LogP) is 5.45. The molecule has 0 fully saturated rings. The van der Waals surface area contributed by atoms with Crippen molar-refractivity contribution in [2.24, 2.45) is 0 Å². The van der Waals surface area contributed by atoms with Gasteiger partial charge in [0.15, 0.2) is 5.13 Å². The molecule has 0 aliphatic carbocycles. The van der Waals surface area contributed by atoms with Gasteiger partial charge in [-0.2, -0.15) is 0 Å². The van der Waals surface area contributed by atoms with Gasteiger partial charge in [0.1, 0.15) is 18.1 Å². The lowest BCUT2D eigenvalue weighted by Crippen LogP contribution is -2.28. The molecule has 0 spiro atoms. The van der Waals surface area contributed by atoms with Gasteiger partial charge in [0, 0.05) is 27.6 Å². The van der Waals surface area contributed by atoms with Crippen LogP contribution in [0.5, 0.6) is 11.5 Å². The number of halogens is 1. The van der Waals surface area contributed by atoms with Crippen LogP contribution < -0.4 is 19.1 Å². The third-order valence-corrected chi connectivity index (χ3v) is 5.75. The van der Waals surface area contributed by atoms with Gasteiger partial charge in [-0.25, -0.2) is 4.98 Å². The van der Waals surface area contributed by atoms with Gasteiger partial charge >= 0.3 is 0 Å². The van der Waals surface area contributed by atoms with Crippen LogP contribution >= 0.6 is 34.9 Å². The third-order valence-electron chi connectivity index (χ3n) is 3.92. The van der Waals surface area contributed by atoms with Gasteiger partial charge in [-0.1, -0.05) is 11.6 Å². The maximum absolute atomic E-state index is 6.10. The monoisotopic (exact) mass is 405 g/mol. The summed E-state index contributed by atoms with van der Waals surface area (Å²) in [6.07, 6.45) is 1.78. The van der Waals surface area contributed by atoms with Crippen LogP contribution in [0.1, 0.15) is 0 Å². The summed E-state index contributed by atoms with van der Waals surface area (Å²) in [6.45, 7) is 1.35. The fourth-order valence-corrected chi connectivity index (χ4v) is 4.18. The lowest BCUT2D eigenvalue weighted by molar-refractivity contribution is 0.312. The zero-order valence-electron chi connectivity index (χ0n) is 13.9. The number of fused-ring (bicyclic) bond motifs is 1. The summed E-state index contributed by atoms with van der Waals surface area (Å²) >= 11 is 9.18. The molecular weight excluding hydrogens is 390 g/mol. The number of anilines is 3. The largest absolute Gasteiger partial charge is 0.495 e. The van der Waals surface area contributed by atoms with Crippen molar-refractivity contribution in [2.75, 3.05) is 29.9 Å². The number of benzene rings is 2. The minimum absolute atomic E-state index is 0.604. The smallest absolute Gasteiger partial charge is 0.192 e. The molecule has 26 heavy (non-hydrogen) atoms. The maximum atomic E-state index is 6.10. The highest BCUT2D eigenvalue weighted by Crippen LogP contribution is 2.42. The molecule has 134 valence electrons. The summed E-state index contributed by atoms with van der Waals surface area (Å²) < 4.78 is 14.6. The van der Waals surface area contributed by atoms with E-state index >= 15 is 0 Å². The molecule has 0 atom stereocenters. The van der Waals surface area contributed by atoms with E-state index in [1.807, 2.05) is 29.6 Å². The Balaban J connectivity index is 1.60. The Morgan fingerprint density at radius 1 is 1.27 bits per heavy atom. The average molecular weight is 406 g/mol. The van der Waals surface area contributed by atoms with E-state index in [0.29, 0.717) is 11.6 Å². The van der Waals surface area contributed by atoms with Gasteiger partial charge in [-0.05, 0) is 42.3 Å². The number of hydrogen-bond acceptors (Lipinski definition) is 7. The van der Waals surface area contributed by atoms with Crippen molar-refractivity contribution in [3.63, 3.8) is 0 Å². The minimum Gasteiger partial charge on any atom is -0.495 e. The standard InChI is InChI=1S/C18H16ClN3O2S2/c1-23-16-10-12(19)2-4-14(16)22-7-8-24-17-11-13(3-5-15(17)22)26-21-18-20-6-9-25-18/h2-6,9-11H,7-8H2,1H3,(H,20,21). The molecule has 4 rings (SSSR count). The molecule has 1 aliphatic rings. The quantitative estimate of drug-likeness (QED) is 0.569. The predicted molar refractivity (Wildman–Crippen MR) is 109 cm³/mol. The molecule has 0 amide bonds. The van der Waals surface area contributed by atoms with Crippen LogP contribution in [0.25, 0.3) is 0 Å². The first-order chi connectivity index (χ1) is 12.7. The SMILES string of the molecule is COc1cc(Cl)ccc1N1CCOc2cc(SNc3nccs3)ccc21. The summed E-state index contributed by atoms with van der Waals surface area (Å²) in [5.74, 6) is 1.59. The van der Waals surface area contributed by atoms with Gasteiger partial charge in [0.25, 0.3) is 0 Å². The molecule has 1 aliphatic heterocycles. The van der Waals surface area contributed by atoms with Gasteiger partial charge in [0.2, 0.25) is 0 Å². The van der Waals surface area contributed by atoms with Gasteiger partial charge in [0.05, 0.1) is 25.0 Å². The molecular formula is C18H16ClN3O2S2. The minimum atomic E-state index is 0.604. The van der Waals surface area contributed by atoms with Crippen LogP contribution in [-0.4, -0.2) is 25.2 Å². The fraction of sp³-hybridized carbons (Fsp3) is 0.167. The summed E-state index contributed by atoms with van der Waals surface area (Å²) in [5, 5.41) is 3.47. The lowest BCUT2D eigenvalue weighted by Gasteiger charge is -2.32. The number of thiazole rings is 1. The van der Waals surface area contributed by atoms with E-state index < -0.39 is 0 Å². The van der Waals surface area contributed by atoms with Gasteiger partial charge in [-0.15, -0.1) is 11.3 Å². The summed E-state index contributed by atoms with van der Waals surface area (Å²) in [5.41, 5.74) is 1.98. The zero-order chi connectivity index (χ0) is 17.9. The van der Waals surface area contributed by atoms with Crippen LogP contribution in [0.3, 0.4) is 0 Å². The molecule has 1 aromatic heterocycles. The Hall–Kier alpha value is -2.09. The summed E-state index contributed by atoms with van der Waals surface area (Å²) in [7, 11) is 1.65. The summed E-state index contributed by atoms with van der Waals surface area (Å²) in [6, 6.07) is 11.8. The first-order valence-electron chi connectivity index (χ1n) is 7.95. The number of nitrogens with zero attached hydrogens (tertiary/aromatic N) is 2. The second-order valence-electron chi connectivity index (χ2n) is 5.49. The number of hydrogen-bond donors (Lipinski definition) is 1. The van der Waals surface area contributed by atoms with Crippen molar-refractivity contribution >= 4 is 51.4 Å². The highest BCUT2D eigenvalue weighted by Gasteiger charge is 2.22. The van der Waals surface area contributed by atoms with Crippen molar-refractivity contribution in [3.8, 4) is 11.5 Å². The number of methoxy groups -OCH3 is 1. The van der Waals surface area contributed by atoms with Crippen molar-refractivity contribution in [3.05, 3.63) is 53.0 Å². The molecule has 5 nitrogen and oxygen atoms in total.